The first-order chi connectivity index (χ1) is 11.7. The van der Waals surface area contributed by atoms with Gasteiger partial charge in [-0.1, -0.05) is 23.2 Å². The molecule has 0 unspecified atom stereocenters. The van der Waals surface area contributed by atoms with Gasteiger partial charge in [0.15, 0.2) is 5.69 Å². The van der Waals surface area contributed by atoms with Crippen LogP contribution < -0.4 is 5.32 Å². The van der Waals surface area contributed by atoms with E-state index in [-0.39, 0.29) is 24.6 Å². The Balaban J connectivity index is 1.65. The summed E-state index contributed by atoms with van der Waals surface area (Å²) < 4.78 is 39.9. The van der Waals surface area contributed by atoms with Crippen molar-refractivity contribution in [3.63, 3.8) is 0 Å². The zero-order chi connectivity index (χ0) is 18.2. The Morgan fingerprint density at radius 3 is 2.40 bits per heavy atom. The van der Waals surface area contributed by atoms with Crippen molar-refractivity contribution < 1.29 is 18.0 Å². The molecule has 134 valence electrons. The summed E-state index contributed by atoms with van der Waals surface area (Å²) in [5, 5.41) is 6.94. The summed E-state index contributed by atoms with van der Waals surface area (Å²) >= 11 is 11.7. The SMILES string of the molecule is O=C(NCCn1nc(C(F)(F)F)cc1C1CC1)c1cc(Cl)cc(Cl)c1. The molecule has 1 saturated carbocycles. The monoisotopic (exact) mass is 391 g/mol. The predicted molar refractivity (Wildman–Crippen MR) is 88.0 cm³/mol. The smallest absolute Gasteiger partial charge is 0.350 e. The van der Waals surface area contributed by atoms with Crippen LogP contribution in [-0.2, 0) is 12.7 Å². The molecule has 0 spiro atoms. The summed E-state index contributed by atoms with van der Waals surface area (Å²) in [6.07, 6.45) is -2.76. The van der Waals surface area contributed by atoms with Crippen LogP contribution in [-0.4, -0.2) is 22.2 Å². The molecule has 1 aromatic carbocycles. The van der Waals surface area contributed by atoms with E-state index in [4.69, 9.17) is 23.2 Å². The minimum absolute atomic E-state index is 0.117. The molecule has 0 atom stereocenters. The van der Waals surface area contributed by atoms with Crippen molar-refractivity contribution in [3.8, 4) is 0 Å². The van der Waals surface area contributed by atoms with Crippen molar-refractivity contribution in [2.24, 2.45) is 0 Å². The summed E-state index contributed by atoms with van der Waals surface area (Å²) in [6, 6.07) is 5.53. The van der Waals surface area contributed by atoms with Crippen LogP contribution in [0.15, 0.2) is 24.3 Å². The lowest BCUT2D eigenvalue weighted by Gasteiger charge is -2.09. The maximum Gasteiger partial charge on any atom is 0.435 e. The van der Waals surface area contributed by atoms with Gasteiger partial charge in [-0.05, 0) is 37.1 Å². The number of aromatic nitrogens is 2. The average molecular weight is 392 g/mol. The van der Waals surface area contributed by atoms with E-state index in [1.807, 2.05) is 0 Å². The second-order valence-corrected chi connectivity index (χ2v) is 6.74. The largest absolute Gasteiger partial charge is 0.435 e. The third-order valence-corrected chi connectivity index (χ3v) is 4.27. The quantitative estimate of drug-likeness (QED) is 0.814. The van der Waals surface area contributed by atoms with Crippen LogP contribution >= 0.6 is 23.2 Å². The molecule has 1 amide bonds. The van der Waals surface area contributed by atoms with Crippen LogP contribution in [0.4, 0.5) is 13.2 Å². The number of halogens is 5. The van der Waals surface area contributed by atoms with Gasteiger partial charge >= 0.3 is 6.18 Å². The van der Waals surface area contributed by atoms with Crippen LogP contribution in [0.1, 0.15) is 40.5 Å². The van der Waals surface area contributed by atoms with Gasteiger partial charge in [-0.2, -0.15) is 18.3 Å². The van der Waals surface area contributed by atoms with Crippen molar-refractivity contribution in [2.75, 3.05) is 6.54 Å². The molecule has 0 saturated heterocycles. The zero-order valence-corrected chi connectivity index (χ0v) is 14.4. The van der Waals surface area contributed by atoms with E-state index < -0.39 is 17.8 Å². The van der Waals surface area contributed by atoms with Gasteiger partial charge in [0.05, 0.1) is 6.54 Å². The molecule has 2 aromatic rings. The van der Waals surface area contributed by atoms with Crippen LogP contribution in [0, 0.1) is 0 Å². The maximum absolute atomic E-state index is 12.8. The first-order valence-electron chi connectivity index (χ1n) is 7.63. The van der Waals surface area contributed by atoms with Gasteiger partial charge in [0.2, 0.25) is 0 Å². The summed E-state index contributed by atoms with van der Waals surface area (Å²) in [5.74, 6) is -0.286. The number of rotatable bonds is 5. The standard InChI is InChI=1S/C16H14Cl2F3N3O/c17-11-5-10(6-12(18)7-11)15(25)22-3-4-24-13(9-1-2-9)8-14(23-24)16(19,20)21/h5-9H,1-4H2,(H,22,25). The van der Waals surface area contributed by atoms with Crippen LogP contribution in [0.2, 0.25) is 10.0 Å². The van der Waals surface area contributed by atoms with Crippen molar-refractivity contribution >= 4 is 29.1 Å². The molecule has 25 heavy (non-hydrogen) atoms. The average Bonchev–Trinajstić information content (AvgIpc) is 3.25. The van der Waals surface area contributed by atoms with E-state index in [0.717, 1.165) is 18.9 Å². The summed E-state index contributed by atoms with van der Waals surface area (Å²) in [6.45, 7) is 0.295. The highest BCUT2D eigenvalue weighted by Gasteiger charge is 2.37. The van der Waals surface area contributed by atoms with Crippen molar-refractivity contribution in [1.29, 1.82) is 0 Å². The number of carbonyl (C=O) groups is 1. The molecule has 0 radical (unpaired) electrons. The fourth-order valence-electron chi connectivity index (χ4n) is 2.52. The van der Waals surface area contributed by atoms with E-state index in [9.17, 15) is 18.0 Å². The Labute approximate surface area is 151 Å². The number of benzene rings is 1. The van der Waals surface area contributed by atoms with E-state index in [0.29, 0.717) is 15.7 Å². The maximum atomic E-state index is 12.8. The Hall–Kier alpha value is -1.73. The van der Waals surface area contributed by atoms with E-state index >= 15 is 0 Å². The van der Waals surface area contributed by atoms with Gasteiger partial charge in [0.25, 0.3) is 5.91 Å². The van der Waals surface area contributed by atoms with Crippen LogP contribution in [0.5, 0.6) is 0 Å². The van der Waals surface area contributed by atoms with Gasteiger partial charge in [-0.3, -0.25) is 9.48 Å². The summed E-state index contributed by atoms with van der Waals surface area (Å²) in [5.41, 5.74) is -0.0499. The van der Waals surface area contributed by atoms with Gasteiger partial charge in [-0.15, -0.1) is 0 Å². The first kappa shape index (κ1) is 18.1. The fraction of sp³-hybridized carbons (Fsp3) is 0.375. The number of carbonyl (C=O) groups excluding carboxylic acids is 1. The lowest BCUT2D eigenvalue weighted by atomic mass is 10.2. The lowest BCUT2D eigenvalue weighted by molar-refractivity contribution is -0.141. The Kier molecular flexibility index (Phi) is 4.97. The number of hydrogen-bond acceptors (Lipinski definition) is 2. The number of alkyl halides is 3. The van der Waals surface area contributed by atoms with Crippen molar-refractivity contribution in [2.45, 2.75) is 31.5 Å². The molecule has 1 aromatic heterocycles. The Morgan fingerprint density at radius 1 is 1.20 bits per heavy atom. The molecule has 1 heterocycles. The number of nitrogens with one attached hydrogen (secondary N) is 1. The highest BCUT2D eigenvalue weighted by Crippen LogP contribution is 2.42. The highest BCUT2D eigenvalue weighted by molar-refractivity contribution is 6.35. The lowest BCUT2D eigenvalue weighted by Crippen LogP contribution is -2.28. The molecule has 0 aliphatic heterocycles. The van der Waals surface area contributed by atoms with E-state index in [1.165, 1.54) is 22.9 Å². The van der Waals surface area contributed by atoms with Crippen molar-refractivity contribution in [1.82, 2.24) is 15.1 Å². The fourth-order valence-corrected chi connectivity index (χ4v) is 3.04. The van der Waals surface area contributed by atoms with E-state index in [2.05, 4.69) is 10.4 Å². The third kappa shape index (κ3) is 4.46. The molecular formula is C16H14Cl2F3N3O. The minimum atomic E-state index is -4.48. The minimum Gasteiger partial charge on any atom is -0.350 e. The molecule has 9 heteroatoms. The normalized spacial score (nSPS) is 14.6. The van der Waals surface area contributed by atoms with Gasteiger partial charge < -0.3 is 5.32 Å². The molecular weight excluding hydrogens is 378 g/mol. The van der Waals surface area contributed by atoms with Crippen LogP contribution in [0.25, 0.3) is 0 Å². The van der Waals surface area contributed by atoms with Crippen LogP contribution in [0.3, 0.4) is 0 Å². The second kappa shape index (κ2) is 6.88. The molecule has 1 fully saturated rings. The number of amides is 1. The van der Waals surface area contributed by atoms with Crippen molar-refractivity contribution in [3.05, 3.63) is 51.3 Å². The molecule has 4 nitrogen and oxygen atoms in total. The van der Waals surface area contributed by atoms with Gasteiger partial charge in [0, 0.05) is 33.8 Å². The molecule has 1 N–H and O–H groups in total. The summed E-state index contributed by atoms with van der Waals surface area (Å²) in [4.78, 5) is 12.1. The number of nitrogens with zero attached hydrogens (tertiary/aromatic N) is 2. The molecule has 3 rings (SSSR count). The first-order valence-corrected chi connectivity index (χ1v) is 8.39. The number of hydrogen-bond donors (Lipinski definition) is 1. The topological polar surface area (TPSA) is 46.9 Å². The molecule has 1 aliphatic carbocycles. The van der Waals surface area contributed by atoms with Gasteiger partial charge in [-0.25, -0.2) is 0 Å². The van der Waals surface area contributed by atoms with E-state index in [1.54, 1.807) is 0 Å². The Bertz CT molecular complexity index is 780. The summed E-state index contributed by atoms with van der Waals surface area (Å²) in [7, 11) is 0. The third-order valence-electron chi connectivity index (χ3n) is 3.83. The van der Waals surface area contributed by atoms with Gasteiger partial charge in [0.1, 0.15) is 0 Å². The second-order valence-electron chi connectivity index (χ2n) is 5.86. The predicted octanol–water partition coefficient (Wildman–Crippen LogP) is 4.52. The Morgan fingerprint density at radius 2 is 1.84 bits per heavy atom. The molecule has 1 aliphatic rings. The highest BCUT2D eigenvalue weighted by atomic mass is 35.5. The zero-order valence-electron chi connectivity index (χ0n) is 12.9. The molecule has 0 bridgehead atoms.